The Kier molecular flexibility index (Phi) is 4.42. The number of ketones is 1. The van der Waals surface area contributed by atoms with E-state index < -0.39 is 5.60 Å². The third kappa shape index (κ3) is 2.71. The van der Waals surface area contributed by atoms with Crippen molar-refractivity contribution < 1.29 is 23.8 Å². The molecular formula is C26H26O6. The maximum Gasteiger partial charge on any atom is 0.195 e. The first kappa shape index (κ1) is 20.6. The zero-order chi connectivity index (χ0) is 22.9. The predicted molar refractivity (Wildman–Crippen MR) is 120 cm³/mol. The van der Waals surface area contributed by atoms with E-state index in [2.05, 4.69) is 0 Å². The number of carbonyl (C=O) groups is 1. The van der Waals surface area contributed by atoms with Crippen molar-refractivity contribution in [2.24, 2.45) is 5.92 Å². The quantitative estimate of drug-likeness (QED) is 0.570. The summed E-state index contributed by atoms with van der Waals surface area (Å²) in [6.07, 6.45) is 0.281. The van der Waals surface area contributed by atoms with E-state index in [-0.39, 0.29) is 40.8 Å². The number of phenolic OH excluding ortho intramolecular Hbond substituents is 1. The van der Waals surface area contributed by atoms with Gasteiger partial charge in [0.1, 0.15) is 34.2 Å². The minimum atomic E-state index is -0.611. The largest absolute Gasteiger partial charge is 0.507 e. The molecule has 0 spiro atoms. The zero-order valence-corrected chi connectivity index (χ0v) is 18.9. The molecule has 1 N–H and O–H groups in total. The lowest BCUT2D eigenvalue weighted by Crippen LogP contribution is -2.49. The number of hydrogen-bond donors (Lipinski definition) is 1. The standard InChI is InChI=1S/C26H26O6/c1-6-17(27)14-7-10-19-21(24(14)29)20-16(26(4,5)32-19)11-30-18-9-8-15-23(28)12(2)13(3)31-25(15)22(18)20/h7-10,16,20,29H,6,11H2,1-5H3/t16-,20+/m0/s1. The van der Waals surface area contributed by atoms with Crippen LogP contribution in [0.1, 0.15) is 65.9 Å². The second-order valence-electron chi connectivity index (χ2n) is 9.22. The van der Waals surface area contributed by atoms with Crippen LogP contribution in [0.4, 0.5) is 0 Å². The van der Waals surface area contributed by atoms with E-state index in [4.69, 9.17) is 13.9 Å². The summed E-state index contributed by atoms with van der Waals surface area (Å²) in [7, 11) is 0. The van der Waals surface area contributed by atoms with Crippen molar-refractivity contribution in [1.82, 2.24) is 0 Å². The normalized spacial score (nSPS) is 20.5. The van der Waals surface area contributed by atoms with Crippen LogP contribution in [0.2, 0.25) is 0 Å². The van der Waals surface area contributed by atoms with Crippen molar-refractivity contribution in [3.63, 3.8) is 0 Å². The van der Waals surface area contributed by atoms with Crippen molar-refractivity contribution in [3.05, 3.63) is 62.5 Å². The van der Waals surface area contributed by atoms with Gasteiger partial charge in [-0.3, -0.25) is 9.59 Å². The van der Waals surface area contributed by atoms with Crippen LogP contribution in [0.5, 0.6) is 17.2 Å². The first-order valence-corrected chi connectivity index (χ1v) is 10.9. The Morgan fingerprint density at radius 3 is 2.56 bits per heavy atom. The number of aromatic hydroxyl groups is 1. The molecule has 3 heterocycles. The molecule has 0 saturated heterocycles. The molecule has 0 unspecified atom stereocenters. The van der Waals surface area contributed by atoms with Gasteiger partial charge in [0, 0.05) is 34.9 Å². The van der Waals surface area contributed by atoms with Gasteiger partial charge >= 0.3 is 0 Å². The molecule has 2 aromatic carbocycles. The Bertz CT molecular complexity index is 1350. The summed E-state index contributed by atoms with van der Waals surface area (Å²) in [4.78, 5) is 25.5. The molecule has 3 aromatic rings. The number of fused-ring (bicyclic) bond motifs is 7. The summed E-state index contributed by atoms with van der Waals surface area (Å²) in [6.45, 7) is 9.63. The smallest absolute Gasteiger partial charge is 0.195 e. The van der Waals surface area contributed by atoms with Gasteiger partial charge in [-0.25, -0.2) is 0 Å². The Labute approximate surface area is 185 Å². The molecule has 1 aromatic heterocycles. The van der Waals surface area contributed by atoms with Gasteiger partial charge in [-0.05, 0) is 52.0 Å². The molecule has 0 saturated carbocycles. The van der Waals surface area contributed by atoms with Gasteiger partial charge in [-0.1, -0.05) is 6.92 Å². The topological polar surface area (TPSA) is 86.0 Å². The molecule has 32 heavy (non-hydrogen) atoms. The second-order valence-corrected chi connectivity index (χ2v) is 9.22. The van der Waals surface area contributed by atoms with Gasteiger partial charge in [0.25, 0.3) is 0 Å². The van der Waals surface area contributed by atoms with Crippen LogP contribution in [0, 0.1) is 19.8 Å². The van der Waals surface area contributed by atoms with Gasteiger partial charge in [0.15, 0.2) is 11.2 Å². The summed E-state index contributed by atoms with van der Waals surface area (Å²) in [5, 5.41) is 11.7. The monoisotopic (exact) mass is 434 g/mol. The maximum atomic E-state index is 13.0. The number of carbonyl (C=O) groups excluding carboxylic acids is 1. The Morgan fingerprint density at radius 1 is 1.12 bits per heavy atom. The van der Waals surface area contributed by atoms with Gasteiger partial charge < -0.3 is 19.0 Å². The highest BCUT2D eigenvalue weighted by molar-refractivity contribution is 5.99. The number of aryl methyl sites for hydroxylation is 1. The molecular weight excluding hydrogens is 408 g/mol. The molecule has 5 rings (SSSR count). The van der Waals surface area contributed by atoms with Crippen LogP contribution in [0.15, 0.2) is 33.5 Å². The fourth-order valence-corrected chi connectivity index (χ4v) is 5.06. The van der Waals surface area contributed by atoms with Crippen LogP contribution in [0.25, 0.3) is 11.0 Å². The average Bonchev–Trinajstić information content (AvgIpc) is 2.76. The summed E-state index contributed by atoms with van der Waals surface area (Å²) >= 11 is 0. The number of hydrogen-bond acceptors (Lipinski definition) is 6. The number of rotatable bonds is 2. The fourth-order valence-electron chi connectivity index (χ4n) is 5.06. The highest BCUT2D eigenvalue weighted by Gasteiger charge is 2.50. The SMILES string of the molecule is CCC(=O)c1ccc2c(c1O)[C@@H]1c3c(ccc4c(=O)c(C)c(C)oc34)OC[C@@H]1C(C)(C)O2. The van der Waals surface area contributed by atoms with Crippen LogP contribution in [0.3, 0.4) is 0 Å². The minimum absolute atomic E-state index is 0.0733. The van der Waals surface area contributed by atoms with Gasteiger partial charge in [-0.2, -0.15) is 0 Å². The van der Waals surface area contributed by atoms with E-state index in [0.717, 1.165) is 0 Å². The third-order valence-corrected chi connectivity index (χ3v) is 7.03. The molecule has 0 aliphatic carbocycles. The number of Topliss-reactive ketones (excluding diaryl/α,β-unsaturated/α-hetero) is 1. The lowest BCUT2D eigenvalue weighted by Gasteiger charge is -2.47. The van der Waals surface area contributed by atoms with E-state index in [0.29, 0.717) is 51.5 Å². The highest BCUT2D eigenvalue weighted by Crippen LogP contribution is 2.57. The summed E-state index contributed by atoms with van der Waals surface area (Å²) in [6, 6.07) is 6.89. The number of benzene rings is 2. The Morgan fingerprint density at radius 2 is 1.84 bits per heavy atom. The van der Waals surface area contributed by atoms with Crippen molar-refractivity contribution in [1.29, 1.82) is 0 Å². The third-order valence-electron chi connectivity index (χ3n) is 7.03. The van der Waals surface area contributed by atoms with Crippen LogP contribution >= 0.6 is 0 Å². The lowest BCUT2D eigenvalue weighted by molar-refractivity contribution is -0.0142. The first-order valence-electron chi connectivity index (χ1n) is 10.9. The number of phenols is 1. The first-order chi connectivity index (χ1) is 15.2. The fraction of sp³-hybridized carbons (Fsp3) is 0.385. The lowest BCUT2D eigenvalue weighted by atomic mass is 9.69. The second kappa shape index (κ2) is 6.86. The van der Waals surface area contributed by atoms with Crippen molar-refractivity contribution in [3.8, 4) is 17.2 Å². The summed E-state index contributed by atoms with van der Waals surface area (Å²) in [5.74, 6) is 0.932. The van der Waals surface area contributed by atoms with Crippen LogP contribution in [-0.4, -0.2) is 23.1 Å². The van der Waals surface area contributed by atoms with E-state index in [1.807, 2.05) is 13.8 Å². The molecule has 166 valence electrons. The predicted octanol–water partition coefficient (Wildman–Crippen LogP) is 5.02. The number of ether oxygens (including phenoxy) is 2. The van der Waals surface area contributed by atoms with Gasteiger partial charge in [-0.15, -0.1) is 0 Å². The zero-order valence-electron chi connectivity index (χ0n) is 18.9. The van der Waals surface area contributed by atoms with Gasteiger partial charge in [0.05, 0.1) is 17.6 Å². The molecule has 0 bridgehead atoms. The molecule has 0 amide bonds. The van der Waals surface area contributed by atoms with Crippen molar-refractivity contribution in [2.45, 2.75) is 52.6 Å². The molecule has 0 radical (unpaired) electrons. The van der Waals surface area contributed by atoms with Gasteiger partial charge in [0.2, 0.25) is 0 Å². The molecule has 2 aliphatic rings. The molecule has 2 aliphatic heterocycles. The highest BCUT2D eigenvalue weighted by atomic mass is 16.5. The average molecular weight is 434 g/mol. The van der Waals surface area contributed by atoms with E-state index in [9.17, 15) is 14.7 Å². The summed E-state index contributed by atoms with van der Waals surface area (Å²) < 4.78 is 18.6. The van der Waals surface area contributed by atoms with Crippen molar-refractivity contribution in [2.75, 3.05) is 6.61 Å². The molecule has 6 nitrogen and oxygen atoms in total. The molecule has 2 atom stereocenters. The van der Waals surface area contributed by atoms with E-state index >= 15 is 0 Å². The van der Waals surface area contributed by atoms with E-state index in [1.54, 1.807) is 45.0 Å². The Hall–Kier alpha value is -3.28. The van der Waals surface area contributed by atoms with Crippen molar-refractivity contribution >= 4 is 16.8 Å². The minimum Gasteiger partial charge on any atom is -0.507 e. The molecule has 6 heteroatoms. The molecule has 0 fully saturated rings. The van der Waals surface area contributed by atoms with Crippen LogP contribution < -0.4 is 14.9 Å². The van der Waals surface area contributed by atoms with E-state index in [1.165, 1.54) is 0 Å². The summed E-state index contributed by atoms with van der Waals surface area (Å²) in [5.41, 5.74) is 1.87. The maximum absolute atomic E-state index is 13.0. The van der Waals surface area contributed by atoms with Crippen LogP contribution in [-0.2, 0) is 0 Å². The Balaban J connectivity index is 1.89.